The van der Waals surface area contributed by atoms with Crippen LogP contribution in [0.4, 0.5) is 5.69 Å². The van der Waals surface area contributed by atoms with Crippen molar-refractivity contribution in [2.24, 2.45) is 5.73 Å². The molecule has 0 aliphatic carbocycles. The number of benzene rings is 2. The lowest BCUT2D eigenvalue weighted by Crippen LogP contribution is -2.40. The summed E-state index contributed by atoms with van der Waals surface area (Å²) in [6.07, 6.45) is 0. The lowest BCUT2D eigenvalue weighted by molar-refractivity contribution is -0.139. The largest absolute Gasteiger partial charge is 0.466 e. The Hall–Kier alpha value is -4.18. The minimum absolute atomic E-state index is 0.00973. The lowest BCUT2D eigenvalue weighted by atomic mass is 9.81. The third kappa shape index (κ3) is 5.55. The molecule has 0 saturated heterocycles. The van der Waals surface area contributed by atoms with Crippen molar-refractivity contribution in [2.45, 2.75) is 37.2 Å². The zero-order valence-corrected chi connectivity index (χ0v) is 22.1. The Morgan fingerprint density at radius 1 is 1.13 bits per heavy atom. The van der Waals surface area contributed by atoms with Gasteiger partial charge in [0.2, 0.25) is 0 Å². The van der Waals surface area contributed by atoms with Gasteiger partial charge in [-0.3, -0.25) is 9.45 Å². The summed E-state index contributed by atoms with van der Waals surface area (Å²) in [4.78, 5) is 26.9. The van der Waals surface area contributed by atoms with E-state index in [9.17, 15) is 27.8 Å². The number of hydrogen-bond donors (Lipinski definition) is 3. The Kier molecular flexibility index (Phi) is 8.57. The second-order valence-corrected chi connectivity index (χ2v) is 10.0. The Labute approximate surface area is 220 Å². The molecule has 0 bridgehead atoms. The summed E-state index contributed by atoms with van der Waals surface area (Å²) in [5.41, 5.74) is 6.50. The van der Waals surface area contributed by atoms with Gasteiger partial charge in [0.15, 0.2) is 0 Å². The van der Waals surface area contributed by atoms with Crippen molar-refractivity contribution in [3.05, 3.63) is 82.3 Å². The maximum absolute atomic E-state index is 13.2. The van der Waals surface area contributed by atoms with Crippen molar-refractivity contribution in [3.63, 3.8) is 0 Å². The van der Waals surface area contributed by atoms with Crippen LogP contribution in [0, 0.1) is 11.3 Å². The molecule has 38 heavy (non-hydrogen) atoms. The van der Waals surface area contributed by atoms with Gasteiger partial charge in [0.05, 0.1) is 37.4 Å². The average molecular weight is 541 g/mol. The maximum Gasteiger partial charge on any atom is 0.355 e. The van der Waals surface area contributed by atoms with Crippen LogP contribution in [0.25, 0.3) is 0 Å². The third-order valence-electron chi connectivity index (χ3n) is 5.90. The molecule has 0 saturated carbocycles. The summed E-state index contributed by atoms with van der Waals surface area (Å²) < 4.78 is 44.5. The van der Waals surface area contributed by atoms with Crippen LogP contribution in [0.1, 0.15) is 30.9 Å². The van der Waals surface area contributed by atoms with Crippen LogP contribution in [0.3, 0.4) is 0 Å². The molecule has 0 aromatic heterocycles. The Balaban J connectivity index is 2.39. The second-order valence-electron chi connectivity index (χ2n) is 8.64. The number of allylic oxidation sites excluding steroid dienone is 1. The average Bonchev–Trinajstić information content (AvgIpc) is 2.90. The Bertz CT molecular complexity index is 1460. The van der Waals surface area contributed by atoms with E-state index in [1.165, 1.54) is 12.1 Å². The molecule has 4 N–H and O–H groups in total. The molecule has 1 heterocycles. The predicted octanol–water partition coefficient (Wildman–Crippen LogP) is 2.33. The molecule has 1 unspecified atom stereocenters. The first-order valence-electron chi connectivity index (χ1n) is 11.5. The van der Waals surface area contributed by atoms with Crippen molar-refractivity contribution in [3.8, 4) is 6.07 Å². The number of nitrogens with two attached hydrogens (primary N) is 1. The van der Waals surface area contributed by atoms with E-state index in [-0.39, 0.29) is 46.5 Å². The molecule has 1 atom stereocenters. The molecule has 3 rings (SSSR count). The van der Waals surface area contributed by atoms with Crippen LogP contribution < -0.4 is 16.0 Å². The van der Waals surface area contributed by atoms with Gasteiger partial charge in [-0.25, -0.2) is 9.59 Å². The summed E-state index contributed by atoms with van der Waals surface area (Å²) in [6.45, 7) is 3.86. The highest BCUT2D eigenvalue weighted by Gasteiger charge is 2.43. The van der Waals surface area contributed by atoms with Gasteiger partial charge in [-0.1, -0.05) is 50.2 Å². The summed E-state index contributed by atoms with van der Waals surface area (Å²) in [5, 5.41) is 13.2. The van der Waals surface area contributed by atoms with Crippen molar-refractivity contribution < 1.29 is 32.0 Å². The zero-order valence-electron chi connectivity index (χ0n) is 21.3. The highest BCUT2D eigenvalue weighted by Crippen LogP contribution is 2.43. The molecule has 0 amide bonds. The Morgan fingerprint density at radius 2 is 1.76 bits per heavy atom. The van der Waals surface area contributed by atoms with Crippen molar-refractivity contribution in [1.82, 2.24) is 5.32 Å². The van der Waals surface area contributed by atoms with Crippen molar-refractivity contribution in [2.75, 3.05) is 19.1 Å². The SMILES string of the molecule is COC(=O)C1=C(C(=O)OC)N(c2ccc(CNC(C)C)c(S(=O)(=O)O)c2)C(N)=C(C#N)C1c1ccccc1. The third-order valence-corrected chi connectivity index (χ3v) is 6.83. The summed E-state index contributed by atoms with van der Waals surface area (Å²) in [6, 6.07) is 14.5. The number of carbonyl (C=O) groups excluding carboxylic acids is 2. The minimum atomic E-state index is -4.72. The number of esters is 2. The van der Waals surface area contributed by atoms with Crippen LogP contribution in [-0.2, 0) is 35.7 Å². The van der Waals surface area contributed by atoms with E-state index in [4.69, 9.17) is 15.2 Å². The fraction of sp³-hybridized carbons (Fsp3) is 0.269. The van der Waals surface area contributed by atoms with E-state index in [2.05, 4.69) is 5.32 Å². The van der Waals surface area contributed by atoms with Gasteiger partial charge in [0.1, 0.15) is 16.4 Å². The monoisotopic (exact) mass is 540 g/mol. The van der Waals surface area contributed by atoms with E-state index >= 15 is 0 Å². The normalized spacial score (nSPS) is 15.9. The number of anilines is 1. The van der Waals surface area contributed by atoms with E-state index in [1.54, 1.807) is 30.3 Å². The maximum atomic E-state index is 13.2. The van der Waals surface area contributed by atoms with Gasteiger partial charge in [-0.05, 0) is 23.3 Å². The molecule has 11 nitrogen and oxygen atoms in total. The first-order chi connectivity index (χ1) is 18.0. The molecular formula is C26H28N4O7S. The van der Waals surface area contributed by atoms with Gasteiger partial charge in [-0.2, -0.15) is 13.7 Å². The predicted molar refractivity (Wildman–Crippen MR) is 138 cm³/mol. The van der Waals surface area contributed by atoms with Crippen molar-refractivity contribution in [1.29, 1.82) is 5.26 Å². The molecule has 0 spiro atoms. The van der Waals surface area contributed by atoms with Crippen molar-refractivity contribution >= 4 is 27.7 Å². The van der Waals surface area contributed by atoms with Crippen LogP contribution >= 0.6 is 0 Å². The molecule has 2 aromatic rings. The molecule has 1 aliphatic rings. The fourth-order valence-corrected chi connectivity index (χ4v) is 4.91. The molecule has 12 heteroatoms. The molecular weight excluding hydrogens is 512 g/mol. The summed E-state index contributed by atoms with van der Waals surface area (Å²) in [5.74, 6) is -3.21. The van der Waals surface area contributed by atoms with Gasteiger partial charge in [-0.15, -0.1) is 0 Å². The van der Waals surface area contributed by atoms with Gasteiger partial charge in [0, 0.05) is 18.3 Å². The zero-order chi connectivity index (χ0) is 28.2. The van der Waals surface area contributed by atoms with Crippen LogP contribution in [0.2, 0.25) is 0 Å². The highest BCUT2D eigenvalue weighted by molar-refractivity contribution is 7.85. The van der Waals surface area contributed by atoms with Gasteiger partial charge in [0.25, 0.3) is 10.1 Å². The quantitative estimate of drug-likeness (QED) is 0.331. The number of nitriles is 1. The van der Waals surface area contributed by atoms with E-state index in [0.29, 0.717) is 5.56 Å². The number of hydrogen-bond acceptors (Lipinski definition) is 10. The van der Waals surface area contributed by atoms with Gasteiger partial charge >= 0.3 is 11.9 Å². The van der Waals surface area contributed by atoms with Crippen LogP contribution in [0.5, 0.6) is 0 Å². The fourth-order valence-electron chi connectivity index (χ4n) is 4.16. The second kappa shape index (κ2) is 11.5. The van der Waals surface area contributed by atoms with Gasteiger partial charge < -0.3 is 20.5 Å². The number of ether oxygens (including phenoxy) is 2. The smallest absolute Gasteiger partial charge is 0.355 e. The molecule has 1 aliphatic heterocycles. The van der Waals surface area contributed by atoms with E-state index in [1.807, 2.05) is 19.9 Å². The molecule has 0 fully saturated rings. The summed E-state index contributed by atoms with van der Waals surface area (Å²) in [7, 11) is -2.50. The standard InChI is InChI=1S/C26H28N4O7S/c1-15(2)29-14-17-10-11-18(12-20(17)38(33,34)35)30-23(26(32)37-4)22(25(31)36-3)21(19(13-27)24(30)28)16-8-6-5-7-9-16/h5-12,15,21,29H,14,28H2,1-4H3,(H,33,34,35). The number of carbonyl (C=O) groups is 2. The van der Waals surface area contributed by atoms with E-state index < -0.39 is 32.9 Å². The number of nitrogens with zero attached hydrogens (tertiary/aromatic N) is 2. The van der Waals surface area contributed by atoms with Crippen LogP contribution in [-0.4, -0.2) is 45.2 Å². The number of nitrogens with one attached hydrogen (secondary N) is 1. The molecule has 2 aromatic carbocycles. The minimum Gasteiger partial charge on any atom is -0.466 e. The number of rotatable bonds is 8. The summed E-state index contributed by atoms with van der Waals surface area (Å²) >= 11 is 0. The molecule has 200 valence electrons. The number of methoxy groups -OCH3 is 2. The Morgan fingerprint density at radius 3 is 2.29 bits per heavy atom. The topological polar surface area (TPSA) is 172 Å². The van der Waals surface area contributed by atoms with Crippen LogP contribution in [0.15, 0.2) is 76.1 Å². The lowest BCUT2D eigenvalue weighted by Gasteiger charge is -2.36. The van der Waals surface area contributed by atoms with E-state index in [0.717, 1.165) is 25.2 Å². The first kappa shape index (κ1) is 28.4. The highest BCUT2D eigenvalue weighted by atomic mass is 32.2. The molecule has 0 radical (unpaired) electrons. The first-order valence-corrected chi connectivity index (χ1v) is 12.9.